The molecule has 2 aromatic carbocycles. The number of hydrogen-bond acceptors (Lipinski definition) is 4. The van der Waals surface area contributed by atoms with E-state index in [2.05, 4.69) is 0 Å². The molecule has 0 fully saturated rings. The monoisotopic (exact) mass is 310 g/mol. The highest BCUT2D eigenvalue weighted by Crippen LogP contribution is 2.32. The van der Waals surface area contributed by atoms with Crippen molar-refractivity contribution in [2.45, 2.75) is 18.5 Å². The number of benzene rings is 2. The predicted octanol–water partition coefficient (Wildman–Crippen LogP) is 2.57. The van der Waals surface area contributed by atoms with Gasteiger partial charge in [-0.3, -0.25) is 4.79 Å². The molecule has 4 heteroatoms. The van der Waals surface area contributed by atoms with E-state index in [-0.39, 0.29) is 5.78 Å². The molecule has 2 aromatic rings. The van der Waals surface area contributed by atoms with Crippen LogP contribution in [0, 0.1) is 0 Å². The second kappa shape index (κ2) is 6.87. The number of carbonyl (C=O) groups is 1. The Bertz CT molecular complexity index is 681. The summed E-state index contributed by atoms with van der Waals surface area (Å²) in [6.07, 6.45) is 2.30. The first-order valence-electron chi connectivity index (χ1n) is 7.47. The fourth-order valence-corrected chi connectivity index (χ4v) is 2.56. The molecule has 1 N–H and O–H groups in total. The van der Waals surface area contributed by atoms with Crippen molar-refractivity contribution in [1.82, 2.24) is 0 Å². The van der Waals surface area contributed by atoms with Gasteiger partial charge >= 0.3 is 0 Å². The summed E-state index contributed by atoms with van der Waals surface area (Å²) in [4.78, 5) is 12.3. The van der Waals surface area contributed by atoms with Gasteiger partial charge in [0.05, 0.1) is 13.2 Å². The first-order valence-corrected chi connectivity index (χ1v) is 7.47. The van der Waals surface area contributed by atoms with Crippen LogP contribution in [-0.4, -0.2) is 23.8 Å². The minimum Gasteiger partial charge on any atom is -0.392 e. The van der Waals surface area contributed by atoms with Crippen LogP contribution in [0.2, 0.25) is 0 Å². The third kappa shape index (κ3) is 3.24. The van der Waals surface area contributed by atoms with Crippen molar-refractivity contribution >= 4 is 5.78 Å². The fourth-order valence-electron chi connectivity index (χ4n) is 2.56. The number of ether oxygens (including phenoxy) is 2. The minimum atomic E-state index is -1.41. The summed E-state index contributed by atoms with van der Waals surface area (Å²) in [6, 6.07) is 18.7. The van der Waals surface area contributed by atoms with Gasteiger partial charge in [0.1, 0.15) is 0 Å². The van der Waals surface area contributed by atoms with E-state index in [1.165, 1.54) is 6.08 Å². The molecule has 0 radical (unpaired) electrons. The van der Waals surface area contributed by atoms with Crippen LogP contribution in [-0.2, 0) is 26.5 Å². The molecule has 0 saturated carbocycles. The van der Waals surface area contributed by atoms with Gasteiger partial charge < -0.3 is 14.6 Å². The topological polar surface area (TPSA) is 55.8 Å². The van der Waals surface area contributed by atoms with Crippen LogP contribution in [0.1, 0.15) is 11.1 Å². The Hall–Kier alpha value is -2.27. The smallest absolute Gasteiger partial charge is 0.194 e. The van der Waals surface area contributed by atoms with E-state index >= 15 is 0 Å². The van der Waals surface area contributed by atoms with E-state index in [0.29, 0.717) is 12.2 Å². The molecule has 0 bridgehead atoms. The van der Waals surface area contributed by atoms with E-state index in [1.807, 2.05) is 48.5 Å². The quantitative estimate of drug-likeness (QED) is 0.922. The van der Waals surface area contributed by atoms with Crippen LogP contribution in [0.4, 0.5) is 0 Å². The van der Waals surface area contributed by atoms with Crippen LogP contribution >= 0.6 is 0 Å². The van der Waals surface area contributed by atoms with Gasteiger partial charge in [0.2, 0.25) is 0 Å². The average Bonchev–Trinajstić information content (AvgIpc) is 2.63. The summed E-state index contributed by atoms with van der Waals surface area (Å²) in [5.41, 5.74) is 0.220. The van der Waals surface area contributed by atoms with Gasteiger partial charge in [0.15, 0.2) is 17.7 Å². The summed E-state index contributed by atoms with van der Waals surface area (Å²) in [7, 11) is 0. The van der Waals surface area contributed by atoms with Crippen LogP contribution in [0.3, 0.4) is 0 Å². The molecule has 3 rings (SSSR count). The highest BCUT2D eigenvalue weighted by molar-refractivity contribution is 5.98. The molecule has 2 unspecified atom stereocenters. The largest absolute Gasteiger partial charge is 0.392 e. The lowest BCUT2D eigenvalue weighted by atomic mass is 9.88. The molecular weight excluding hydrogens is 292 g/mol. The number of carbonyl (C=O) groups excluding carboxylic acids is 1. The van der Waals surface area contributed by atoms with Crippen molar-refractivity contribution in [1.29, 1.82) is 0 Å². The molecule has 0 amide bonds. The summed E-state index contributed by atoms with van der Waals surface area (Å²) in [5, 5.41) is 9.83. The summed E-state index contributed by atoms with van der Waals surface area (Å²) < 4.78 is 11.6. The van der Waals surface area contributed by atoms with E-state index in [4.69, 9.17) is 9.47 Å². The first kappa shape index (κ1) is 15.6. The molecular formula is C19H18O4. The van der Waals surface area contributed by atoms with E-state index in [0.717, 1.165) is 5.56 Å². The Morgan fingerprint density at radius 1 is 1.04 bits per heavy atom. The number of aliphatic hydroxyl groups excluding tert-OH is 1. The van der Waals surface area contributed by atoms with Crippen LogP contribution in [0.15, 0.2) is 72.8 Å². The molecule has 0 aliphatic carbocycles. The van der Waals surface area contributed by atoms with Gasteiger partial charge in [-0.05, 0) is 23.3 Å². The van der Waals surface area contributed by atoms with Gasteiger partial charge in [0.25, 0.3) is 0 Å². The van der Waals surface area contributed by atoms with Crippen molar-refractivity contribution in [3.63, 3.8) is 0 Å². The summed E-state index contributed by atoms with van der Waals surface area (Å²) in [5.74, 6) is -0.286. The number of hydrogen-bond donors (Lipinski definition) is 1. The molecule has 0 saturated heterocycles. The van der Waals surface area contributed by atoms with Crippen molar-refractivity contribution in [2.75, 3.05) is 6.61 Å². The second-order valence-electron chi connectivity index (χ2n) is 5.36. The van der Waals surface area contributed by atoms with E-state index in [1.54, 1.807) is 18.2 Å². The highest BCUT2D eigenvalue weighted by atomic mass is 16.7. The first-order chi connectivity index (χ1) is 11.2. The standard InChI is InChI=1S/C19H18O4/c20-14-19(16-9-5-2-6-10-16)17(21)11-12-18(23-19)22-13-15-7-3-1-4-8-15/h1-12,18,20H,13-14H2. The molecule has 1 aliphatic heterocycles. The van der Waals surface area contributed by atoms with E-state index < -0.39 is 18.5 Å². The van der Waals surface area contributed by atoms with Crippen molar-refractivity contribution < 1.29 is 19.4 Å². The minimum absolute atomic E-state index is 0.286. The van der Waals surface area contributed by atoms with Gasteiger partial charge in [0, 0.05) is 0 Å². The van der Waals surface area contributed by atoms with Crippen molar-refractivity contribution in [3.8, 4) is 0 Å². The van der Waals surface area contributed by atoms with Crippen molar-refractivity contribution in [2.24, 2.45) is 0 Å². The zero-order valence-corrected chi connectivity index (χ0v) is 12.6. The van der Waals surface area contributed by atoms with Gasteiger partial charge in [-0.2, -0.15) is 0 Å². The molecule has 4 nitrogen and oxygen atoms in total. The lowest BCUT2D eigenvalue weighted by Crippen LogP contribution is -2.47. The van der Waals surface area contributed by atoms with Gasteiger partial charge in [-0.15, -0.1) is 0 Å². The maximum absolute atomic E-state index is 12.3. The van der Waals surface area contributed by atoms with Crippen molar-refractivity contribution in [3.05, 3.63) is 83.9 Å². The molecule has 0 spiro atoms. The van der Waals surface area contributed by atoms with Crippen LogP contribution in [0.25, 0.3) is 0 Å². The van der Waals surface area contributed by atoms with Gasteiger partial charge in [-0.25, -0.2) is 0 Å². The number of ketones is 1. The second-order valence-corrected chi connectivity index (χ2v) is 5.36. The Kier molecular flexibility index (Phi) is 4.67. The zero-order valence-electron chi connectivity index (χ0n) is 12.6. The maximum Gasteiger partial charge on any atom is 0.194 e. The SMILES string of the molecule is O=C1C=CC(OCc2ccccc2)OC1(CO)c1ccccc1. The molecule has 118 valence electrons. The Labute approximate surface area is 135 Å². The fraction of sp³-hybridized carbons (Fsp3) is 0.211. The summed E-state index contributed by atoms with van der Waals surface area (Å²) in [6.45, 7) is -0.0777. The molecule has 1 heterocycles. The van der Waals surface area contributed by atoms with E-state index in [9.17, 15) is 9.90 Å². The Morgan fingerprint density at radius 2 is 1.70 bits per heavy atom. The number of aliphatic hydroxyl groups is 1. The molecule has 2 atom stereocenters. The van der Waals surface area contributed by atoms with Crippen LogP contribution < -0.4 is 0 Å². The normalized spacial score (nSPS) is 23.9. The molecule has 23 heavy (non-hydrogen) atoms. The zero-order chi connectivity index (χ0) is 16.1. The number of rotatable bonds is 5. The third-order valence-electron chi connectivity index (χ3n) is 3.84. The van der Waals surface area contributed by atoms with Gasteiger partial charge in [-0.1, -0.05) is 60.7 Å². The lowest BCUT2D eigenvalue weighted by molar-refractivity contribution is -0.211. The highest BCUT2D eigenvalue weighted by Gasteiger charge is 2.43. The third-order valence-corrected chi connectivity index (χ3v) is 3.84. The molecule has 1 aliphatic rings. The predicted molar refractivity (Wildman–Crippen MR) is 85.5 cm³/mol. The van der Waals surface area contributed by atoms with Crippen LogP contribution in [0.5, 0.6) is 0 Å². The molecule has 0 aromatic heterocycles. The Balaban J connectivity index is 1.78. The Morgan fingerprint density at radius 3 is 2.35 bits per heavy atom. The maximum atomic E-state index is 12.3. The average molecular weight is 310 g/mol. The summed E-state index contributed by atoms with van der Waals surface area (Å²) >= 11 is 0. The lowest BCUT2D eigenvalue weighted by Gasteiger charge is -2.35.